The summed E-state index contributed by atoms with van der Waals surface area (Å²) >= 11 is 0. The lowest BCUT2D eigenvalue weighted by molar-refractivity contribution is -0.137. The van der Waals surface area contributed by atoms with Crippen LogP contribution in [0.4, 0.5) is 19.0 Å². The van der Waals surface area contributed by atoms with Gasteiger partial charge in [-0.15, -0.1) is 0 Å². The highest BCUT2D eigenvalue weighted by atomic mass is 32.2. The maximum Gasteiger partial charge on any atom is 0.417 e. The van der Waals surface area contributed by atoms with Crippen LogP contribution in [0, 0.1) is 16.7 Å². The second-order valence-corrected chi connectivity index (χ2v) is 11.5. The maximum atomic E-state index is 13.3. The van der Waals surface area contributed by atoms with E-state index in [1.165, 1.54) is 10.4 Å². The second kappa shape index (κ2) is 7.43. The van der Waals surface area contributed by atoms with Gasteiger partial charge in [-0.3, -0.25) is 4.79 Å². The highest BCUT2D eigenvalue weighted by molar-refractivity contribution is 7.89. The fourth-order valence-corrected chi connectivity index (χ4v) is 7.90. The molecule has 10 heteroatoms. The highest BCUT2D eigenvalue weighted by Gasteiger charge is 2.65. The number of sulfonamides is 1. The lowest BCUT2D eigenvalue weighted by Gasteiger charge is -2.37. The van der Waals surface area contributed by atoms with Crippen molar-refractivity contribution in [1.82, 2.24) is 9.29 Å². The van der Waals surface area contributed by atoms with Crippen molar-refractivity contribution in [2.75, 3.05) is 36.8 Å². The zero-order chi connectivity index (χ0) is 22.7. The van der Waals surface area contributed by atoms with E-state index in [0.29, 0.717) is 44.7 Å². The largest absolute Gasteiger partial charge is 0.417 e. The summed E-state index contributed by atoms with van der Waals surface area (Å²) in [5, 5.41) is 0. The molecular weight excluding hydrogens is 431 g/mol. The van der Waals surface area contributed by atoms with Crippen molar-refractivity contribution in [2.24, 2.45) is 16.7 Å². The van der Waals surface area contributed by atoms with Crippen molar-refractivity contribution in [3.8, 4) is 0 Å². The number of nitrogens with zero attached hydrogens (tertiary/aromatic N) is 3. The van der Waals surface area contributed by atoms with Crippen molar-refractivity contribution >= 4 is 21.6 Å². The molecule has 1 aromatic rings. The van der Waals surface area contributed by atoms with Crippen molar-refractivity contribution in [2.45, 2.75) is 45.7 Å². The Morgan fingerprint density at radius 3 is 2.45 bits per heavy atom. The summed E-state index contributed by atoms with van der Waals surface area (Å²) in [6.07, 6.45) is -1.12. The molecule has 0 spiro atoms. The van der Waals surface area contributed by atoms with Gasteiger partial charge in [-0.1, -0.05) is 13.8 Å². The number of Topliss-reactive ketones (excluding diaryl/α,β-unsaturated/α-hetero) is 1. The molecule has 4 rings (SSSR count). The van der Waals surface area contributed by atoms with Crippen LogP contribution in [0.5, 0.6) is 0 Å². The lowest BCUT2D eigenvalue weighted by atomic mass is 9.70. The third-order valence-electron chi connectivity index (χ3n) is 7.82. The minimum Gasteiger partial charge on any atom is -0.355 e. The van der Waals surface area contributed by atoms with Crippen LogP contribution in [0.1, 0.15) is 45.1 Å². The number of alkyl halides is 3. The van der Waals surface area contributed by atoms with E-state index < -0.39 is 27.2 Å². The number of anilines is 1. The van der Waals surface area contributed by atoms with Gasteiger partial charge in [-0.05, 0) is 42.7 Å². The van der Waals surface area contributed by atoms with Crippen LogP contribution in [0.2, 0.25) is 0 Å². The molecule has 2 aliphatic carbocycles. The van der Waals surface area contributed by atoms with E-state index >= 15 is 0 Å². The number of aromatic nitrogens is 1. The molecule has 3 aliphatic rings. The van der Waals surface area contributed by atoms with E-state index in [-0.39, 0.29) is 29.4 Å². The van der Waals surface area contributed by atoms with E-state index in [1.54, 1.807) is 0 Å². The number of hydrogen-bond acceptors (Lipinski definition) is 5. The number of pyridine rings is 1. The van der Waals surface area contributed by atoms with Crippen LogP contribution < -0.4 is 4.90 Å². The maximum absolute atomic E-state index is 13.3. The third kappa shape index (κ3) is 3.75. The number of hydrogen-bond donors (Lipinski definition) is 0. The first-order valence-corrected chi connectivity index (χ1v) is 12.3. The molecule has 2 atom stereocenters. The quantitative estimate of drug-likeness (QED) is 0.691. The van der Waals surface area contributed by atoms with Crippen LogP contribution in [-0.2, 0) is 21.0 Å². The van der Waals surface area contributed by atoms with Gasteiger partial charge in [0, 0.05) is 44.2 Å². The highest BCUT2D eigenvalue weighted by Crippen LogP contribution is 2.64. The molecule has 0 N–H and O–H groups in total. The van der Waals surface area contributed by atoms with Crippen LogP contribution in [0.25, 0.3) is 0 Å². The van der Waals surface area contributed by atoms with Crippen molar-refractivity contribution in [3.05, 3.63) is 23.9 Å². The first-order chi connectivity index (χ1) is 14.4. The van der Waals surface area contributed by atoms with Gasteiger partial charge in [-0.25, -0.2) is 17.7 Å². The normalized spacial score (nSPS) is 29.4. The van der Waals surface area contributed by atoms with Gasteiger partial charge in [0.25, 0.3) is 0 Å². The summed E-state index contributed by atoms with van der Waals surface area (Å²) in [5.41, 5.74) is -1.94. The zero-order valence-corrected chi connectivity index (χ0v) is 18.6. The van der Waals surface area contributed by atoms with Gasteiger partial charge >= 0.3 is 6.18 Å². The molecule has 0 aromatic carbocycles. The zero-order valence-electron chi connectivity index (χ0n) is 17.8. The molecule has 6 nitrogen and oxygen atoms in total. The van der Waals surface area contributed by atoms with Gasteiger partial charge in [0.15, 0.2) is 0 Å². The predicted octanol–water partition coefficient (Wildman–Crippen LogP) is 3.34. The molecule has 1 aromatic heterocycles. The van der Waals surface area contributed by atoms with Crippen LogP contribution in [-0.4, -0.2) is 55.4 Å². The molecule has 31 heavy (non-hydrogen) atoms. The molecule has 2 saturated carbocycles. The van der Waals surface area contributed by atoms with Crippen LogP contribution in [0.15, 0.2) is 18.3 Å². The third-order valence-corrected chi connectivity index (χ3v) is 9.82. The van der Waals surface area contributed by atoms with Crippen molar-refractivity contribution in [1.29, 1.82) is 0 Å². The van der Waals surface area contributed by atoms with Crippen LogP contribution in [0.3, 0.4) is 0 Å². The topological polar surface area (TPSA) is 70.6 Å². The number of fused-ring (bicyclic) bond motifs is 2. The number of ketones is 1. The lowest BCUT2D eigenvalue weighted by Crippen LogP contribution is -2.47. The minimum atomic E-state index is -4.45. The van der Waals surface area contributed by atoms with E-state index in [9.17, 15) is 26.4 Å². The fourth-order valence-electron chi connectivity index (χ4n) is 5.65. The molecule has 0 amide bonds. The molecular formula is C21H28F3N3O3S. The summed E-state index contributed by atoms with van der Waals surface area (Å²) in [6.45, 7) is 5.43. The minimum absolute atomic E-state index is 0.0720. The number of halogens is 3. The Hall–Kier alpha value is -1.68. The van der Waals surface area contributed by atoms with E-state index in [4.69, 9.17) is 0 Å². The molecule has 0 unspecified atom stereocenters. The summed E-state index contributed by atoms with van der Waals surface area (Å²) in [6, 6.07) is 2.32. The average molecular weight is 460 g/mol. The Labute approximate surface area is 180 Å². The standard InChI is InChI=1S/C21H28F3N3O3S/c1-19(2)15-6-7-20(19,17(28)12-15)14-31(29,30)27-9-3-8-26(10-11-27)18-5-4-16(13-25-18)21(22,23)24/h4-5,13,15H,3,6-12,14H2,1-2H3/t15-,20-/m1/s1. The van der Waals surface area contributed by atoms with Gasteiger partial charge in [-0.2, -0.15) is 13.2 Å². The number of rotatable bonds is 4. The van der Waals surface area contributed by atoms with E-state index in [0.717, 1.165) is 18.7 Å². The molecule has 172 valence electrons. The summed E-state index contributed by atoms with van der Waals surface area (Å²) in [4.78, 5) is 18.5. The predicted molar refractivity (Wildman–Crippen MR) is 110 cm³/mol. The number of carbonyl (C=O) groups is 1. The van der Waals surface area contributed by atoms with Gasteiger partial charge in [0.1, 0.15) is 11.6 Å². The van der Waals surface area contributed by atoms with Crippen molar-refractivity contribution < 1.29 is 26.4 Å². The monoisotopic (exact) mass is 459 g/mol. The molecule has 1 aliphatic heterocycles. The van der Waals surface area contributed by atoms with Crippen molar-refractivity contribution in [3.63, 3.8) is 0 Å². The first-order valence-electron chi connectivity index (χ1n) is 10.7. The second-order valence-electron chi connectivity index (χ2n) is 9.57. The smallest absolute Gasteiger partial charge is 0.355 e. The Morgan fingerprint density at radius 1 is 1.16 bits per heavy atom. The summed E-state index contributed by atoms with van der Waals surface area (Å²) in [5.74, 6) is 0.570. The molecule has 2 heterocycles. The fraction of sp³-hybridized carbons (Fsp3) is 0.714. The van der Waals surface area contributed by atoms with E-state index in [2.05, 4.69) is 4.98 Å². The first kappa shape index (κ1) is 22.5. The summed E-state index contributed by atoms with van der Waals surface area (Å²) < 4.78 is 66.4. The molecule has 0 radical (unpaired) electrons. The van der Waals surface area contributed by atoms with E-state index in [1.807, 2.05) is 18.7 Å². The van der Waals surface area contributed by atoms with Gasteiger partial charge < -0.3 is 4.90 Å². The molecule has 3 fully saturated rings. The van der Waals surface area contributed by atoms with Gasteiger partial charge in [0.2, 0.25) is 10.0 Å². The molecule has 2 bridgehead atoms. The summed E-state index contributed by atoms with van der Waals surface area (Å²) in [7, 11) is -3.65. The Bertz CT molecular complexity index is 962. The Morgan fingerprint density at radius 2 is 1.90 bits per heavy atom. The Kier molecular flexibility index (Phi) is 5.40. The molecule has 1 saturated heterocycles. The van der Waals surface area contributed by atoms with Crippen LogP contribution >= 0.6 is 0 Å². The SMILES string of the molecule is CC1(C)[C@@H]2CC[C@@]1(CS(=O)(=O)N1CCCN(c3ccc(C(F)(F)F)cn3)CC1)C(=O)C2. The van der Waals surface area contributed by atoms with Gasteiger partial charge in [0.05, 0.1) is 11.3 Å². The Balaban J connectivity index is 1.47. The average Bonchev–Trinajstić information content (AvgIpc) is 2.92. The number of carbonyl (C=O) groups excluding carboxylic acids is 1.